The molecule has 0 spiro atoms. The molecule has 0 aliphatic heterocycles. The number of hydrogen-bond acceptors (Lipinski definition) is 3. The first-order valence-corrected chi connectivity index (χ1v) is 9.15. The fraction of sp³-hybridized carbons (Fsp3) is 0.300. The van der Waals surface area contributed by atoms with Crippen molar-refractivity contribution in [1.29, 1.82) is 0 Å². The molecule has 1 atom stereocenters. The first kappa shape index (κ1) is 16.9. The molecule has 1 aliphatic rings. The number of fused-ring (bicyclic) bond motifs is 2. The van der Waals surface area contributed by atoms with E-state index in [4.69, 9.17) is 16.0 Å². The van der Waals surface area contributed by atoms with Crippen LogP contribution in [-0.2, 0) is 17.8 Å². The number of nitrogens with zero attached hydrogens (tertiary/aromatic N) is 1. The van der Waals surface area contributed by atoms with Crippen LogP contribution in [0.5, 0.6) is 0 Å². The number of carbonyl (C=O) groups is 1. The molecule has 1 heterocycles. The van der Waals surface area contributed by atoms with Gasteiger partial charge in [-0.25, -0.2) is 4.79 Å². The van der Waals surface area contributed by atoms with E-state index in [2.05, 4.69) is 17.4 Å². The summed E-state index contributed by atoms with van der Waals surface area (Å²) >= 11 is 5.92. The summed E-state index contributed by atoms with van der Waals surface area (Å²) in [6.07, 6.45) is 3.28. The Kier molecular flexibility index (Phi) is 4.55. The monoisotopic (exact) mass is 370 g/mol. The van der Waals surface area contributed by atoms with Crippen LogP contribution in [0.3, 0.4) is 0 Å². The minimum absolute atomic E-state index is 0.0454. The number of amides is 1. The van der Waals surface area contributed by atoms with Gasteiger partial charge >= 0.3 is 5.76 Å². The number of benzene rings is 2. The summed E-state index contributed by atoms with van der Waals surface area (Å²) in [6.45, 7) is 0.271. The molecule has 0 bridgehead atoms. The lowest BCUT2D eigenvalue weighted by atomic mass is 9.88. The van der Waals surface area contributed by atoms with Crippen molar-refractivity contribution in [2.24, 2.45) is 0 Å². The number of halogens is 1. The molecule has 3 aromatic rings. The number of aryl methyl sites for hydroxylation is 2. The van der Waals surface area contributed by atoms with Crippen molar-refractivity contribution in [2.45, 2.75) is 38.3 Å². The van der Waals surface area contributed by atoms with Gasteiger partial charge < -0.3 is 9.73 Å². The van der Waals surface area contributed by atoms with Gasteiger partial charge in [-0.1, -0.05) is 35.9 Å². The molecule has 2 aromatic carbocycles. The zero-order valence-corrected chi connectivity index (χ0v) is 15.0. The Morgan fingerprint density at radius 3 is 3.00 bits per heavy atom. The van der Waals surface area contributed by atoms with Gasteiger partial charge in [0.05, 0.1) is 11.6 Å². The minimum Gasteiger partial charge on any atom is -0.408 e. The third-order valence-electron chi connectivity index (χ3n) is 4.90. The molecule has 1 aromatic heterocycles. The average Bonchev–Trinajstić information content (AvgIpc) is 2.94. The van der Waals surface area contributed by atoms with Gasteiger partial charge in [-0.15, -0.1) is 0 Å². The van der Waals surface area contributed by atoms with E-state index in [1.54, 1.807) is 18.2 Å². The van der Waals surface area contributed by atoms with Gasteiger partial charge in [0.25, 0.3) is 0 Å². The molecule has 134 valence electrons. The highest BCUT2D eigenvalue weighted by Gasteiger charge is 2.21. The van der Waals surface area contributed by atoms with E-state index in [0.29, 0.717) is 16.1 Å². The Morgan fingerprint density at radius 2 is 2.12 bits per heavy atom. The van der Waals surface area contributed by atoms with Crippen molar-refractivity contribution in [3.63, 3.8) is 0 Å². The van der Waals surface area contributed by atoms with E-state index >= 15 is 0 Å². The molecule has 0 fully saturated rings. The van der Waals surface area contributed by atoms with Crippen LogP contribution >= 0.6 is 11.6 Å². The minimum atomic E-state index is -0.474. The van der Waals surface area contributed by atoms with Gasteiger partial charge in [-0.05, 0) is 42.5 Å². The summed E-state index contributed by atoms with van der Waals surface area (Å²) in [5, 5.41) is 3.61. The van der Waals surface area contributed by atoms with Crippen molar-refractivity contribution in [3.05, 3.63) is 69.2 Å². The number of oxazole rings is 1. The fourth-order valence-electron chi connectivity index (χ4n) is 3.64. The standard InChI is InChI=1S/C20H19ClN2O3/c21-14-8-9-17-18(12-14)26-20(25)23(17)11-10-19(24)22-16-7-3-5-13-4-1-2-6-15(13)16/h1-2,4,6,8-9,12,16H,3,5,7,10-11H2,(H,22,24)/t16-/m1/s1. The van der Waals surface area contributed by atoms with Crippen LogP contribution in [0, 0.1) is 0 Å². The zero-order valence-electron chi connectivity index (χ0n) is 14.2. The van der Waals surface area contributed by atoms with Gasteiger partial charge in [0.1, 0.15) is 0 Å². The van der Waals surface area contributed by atoms with Gasteiger partial charge in [0.2, 0.25) is 5.91 Å². The predicted octanol–water partition coefficient (Wildman–Crippen LogP) is 3.83. The Bertz CT molecular complexity index is 1020. The van der Waals surface area contributed by atoms with Gasteiger partial charge in [0.15, 0.2) is 5.58 Å². The summed E-state index contributed by atoms with van der Waals surface area (Å²) in [6, 6.07) is 13.3. The Morgan fingerprint density at radius 1 is 1.27 bits per heavy atom. The maximum Gasteiger partial charge on any atom is 0.419 e. The normalized spacial score (nSPS) is 16.4. The highest BCUT2D eigenvalue weighted by atomic mass is 35.5. The summed E-state index contributed by atoms with van der Waals surface area (Å²) in [7, 11) is 0. The predicted molar refractivity (Wildman–Crippen MR) is 100 cm³/mol. The lowest BCUT2D eigenvalue weighted by Crippen LogP contribution is -2.32. The van der Waals surface area contributed by atoms with E-state index in [9.17, 15) is 9.59 Å². The number of nitrogens with one attached hydrogen (secondary N) is 1. The lowest BCUT2D eigenvalue weighted by Gasteiger charge is -2.26. The first-order chi connectivity index (χ1) is 12.6. The van der Waals surface area contributed by atoms with Crippen molar-refractivity contribution in [1.82, 2.24) is 9.88 Å². The average molecular weight is 371 g/mol. The smallest absolute Gasteiger partial charge is 0.408 e. The van der Waals surface area contributed by atoms with Crippen LogP contribution in [0.2, 0.25) is 5.02 Å². The van der Waals surface area contributed by atoms with Gasteiger partial charge in [-0.2, -0.15) is 0 Å². The SMILES string of the molecule is O=C(CCn1c(=O)oc2cc(Cl)ccc21)N[C@@H]1CCCc2ccccc21. The van der Waals surface area contributed by atoms with Crippen LogP contribution in [0.4, 0.5) is 0 Å². The molecule has 4 rings (SSSR count). The highest BCUT2D eigenvalue weighted by molar-refractivity contribution is 6.31. The lowest BCUT2D eigenvalue weighted by molar-refractivity contribution is -0.122. The number of rotatable bonds is 4. The topological polar surface area (TPSA) is 64.2 Å². The zero-order chi connectivity index (χ0) is 18.1. The van der Waals surface area contributed by atoms with Crippen LogP contribution in [0.1, 0.15) is 36.4 Å². The maximum absolute atomic E-state index is 12.4. The molecule has 6 heteroatoms. The number of carbonyl (C=O) groups excluding carboxylic acids is 1. The molecule has 26 heavy (non-hydrogen) atoms. The van der Waals surface area contributed by atoms with E-state index in [1.807, 2.05) is 12.1 Å². The van der Waals surface area contributed by atoms with Crippen LogP contribution in [-0.4, -0.2) is 10.5 Å². The second-order valence-electron chi connectivity index (χ2n) is 6.59. The van der Waals surface area contributed by atoms with E-state index in [1.165, 1.54) is 15.7 Å². The molecule has 0 saturated carbocycles. The number of aromatic nitrogens is 1. The van der Waals surface area contributed by atoms with Crippen molar-refractivity contribution < 1.29 is 9.21 Å². The fourth-order valence-corrected chi connectivity index (χ4v) is 3.80. The summed E-state index contributed by atoms with van der Waals surface area (Å²) < 4.78 is 6.67. The largest absolute Gasteiger partial charge is 0.419 e. The third kappa shape index (κ3) is 3.27. The molecule has 0 saturated heterocycles. The van der Waals surface area contributed by atoms with Crippen LogP contribution in [0.25, 0.3) is 11.1 Å². The Hall–Kier alpha value is -2.53. The Labute approximate surface area is 155 Å². The molecular weight excluding hydrogens is 352 g/mol. The molecule has 1 amide bonds. The van der Waals surface area contributed by atoms with Gasteiger partial charge in [-0.3, -0.25) is 9.36 Å². The van der Waals surface area contributed by atoms with E-state index in [-0.39, 0.29) is 24.9 Å². The first-order valence-electron chi connectivity index (χ1n) is 8.78. The van der Waals surface area contributed by atoms with E-state index < -0.39 is 5.76 Å². The molecule has 0 radical (unpaired) electrons. The summed E-state index contributed by atoms with van der Waals surface area (Å²) in [5.74, 6) is -0.542. The van der Waals surface area contributed by atoms with Crippen LogP contribution in [0.15, 0.2) is 51.7 Å². The van der Waals surface area contributed by atoms with Gasteiger partial charge in [0, 0.05) is 24.1 Å². The molecule has 1 N–H and O–H groups in total. The molecular formula is C20H19ClN2O3. The quantitative estimate of drug-likeness (QED) is 0.759. The highest BCUT2D eigenvalue weighted by Crippen LogP contribution is 2.29. The molecule has 5 nitrogen and oxygen atoms in total. The van der Waals surface area contributed by atoms with Crippen LogP contribution < -0.4 is 11.1 Å². The second-order valence-corrected chi connectivity index (χ2v) is 7.03. The van der Waals surface area contributed by atoms with Crippen molar-refractivity contribution in [2.75, 3.05) is 0 Å². The van der Waals surface area contributed by atoms with E-state index in [0.717, 1.165) is 19.3 Å². The Balaban J connectivity index is 1.46. The summed E-state index contributed by atoms with van der Waals surface area (Å²) in [5.41, 5.74) is 3.59. The molecule has 0 unspecified atom stereocenters. The number of hydrogen-bond donors (Lipinski definition) is 1. The second kappa shape index (κ2) is 7.00. The maximum atomic E-state index is 12.4. The van der Waals surface area contributed by atoms with Crippen molar-refractivity contribution >= 4 is 28.6 Å². The van der Waals surface area contributed by atoms with Crippen molar-refractivity contribution in [3.8, 4) is 0 Å². The third-order valence-corrected chi connectivity index (χ3v) is 5.13. The molecule has 1 aliphatic carbocycles. The summed E-state index contributed by atoms with van der Waals surface area (Å²) in [4.78, 5) is 24.5.